The van der Waals surface area contributed by atoms with E-state index in [0.29, 0.717) is 29.2 Å². The van der Waals surface area contributed by atoms with Crippen molar-refractivity contribution in [3.63, 3.8) is 0 Å². The molecule has 1 atom stereocenters. The number of hydrogen-bond donors (Lipinski definition) is 4. The van der Waals surface area contributed by atoms with Crippen LogP contribution >= 0.6 is 0 Å². The van der Waals surface area contributed by atoms with E-state index in [1.54, 1.807) is 13.0 Å². The Labute approximate surface area is 226 Å². The van der Waals surface area contributed by atoms with Gasteiger partial charge in [0.15, 0.2) is 5.82 Å². The fourth-order valence-corrected chi connectivity index (χ4v) is 3.67. The lowest BCUT2D eigenvalue weighted by Gasteiger charge is -2.14. The van der Waals surface area contributed by atoms with Gasteiger partial charge in [0, 0.05) is 31.5 Å². The summed E-state index contributed by atoms with van der Waals surface area (Å²) < 4.78 is 49.2. The Morgan fingerprint density at radius 3 is 2.50 bits per heavy atom. The van der Waals surface area contributed by atoms with Crippen LogP contribution in [-0.4, -0.2) is 69.2 Å². The summed E-state index contributed by atoms with van der Waals surface area (Å²) in [5.74, 6) is 0.440. The fourth-order valence-electron chi connectivity index (χ4n) is 3.67. The van der Waals surface area contributed by atoms with Crippen molar-refractivity contribution >= 4 is 17.7 Å². The van der Waals surface area contributed by atoms with Gasteiger partial charge < -0.3 is 30.8 Å². The number of rotatable bonds is 10. The maximum Gasteiger partial charge on any atom is 0.416 e. The molecule has 0 aliphatic carbocycles. The quantitative estimate of drug-likeness (QED) is 0.227. The number of hydrogen-bond acceptors (Lipinski definition) is 10. The van der Waals surface area contributed by atoms with Crippen LogP contribution in [0, 0.1) is 0 Å². The van der Waals surface area contributed by atoms with Crippen molar-refractivity contribution in [2.75, 3.05) is 38.4 Å². The minimum Gasteiger partial charge on any atom is -0.478 e. The summed E-state index contributed by atoms with van der Waals surface area (Å²) in [5, 5.41) is 5.83. The smallest absolute Gasteiger partial charge is 0.416 e. The van der Waals surface area contributed by atoms with Crippen molar-refractivity contribution < 1.29 is 27.4 Å². The van der Waals surface area contributed by atoms with Gasteiger partial charge in [-0.3, -0.25) is 4.79 Å². The first kappa shape index (κ1) is 28.2. The summed E-state index contributed by atoms with van der Waals surface area (Å²) in [7, 11) is 2.82. The second-order valence-corrected chi connectivity index (χ2v) is 8.58. The van der Waals surface area contributed by atoms with E-state index in [-0.39, 0.29) is 47.7 Å². The monoisotopic (exact) mass is 557 g/mol. The Bertz CT molecular complexity index is 1480. The van der Waals surface area contributed by atoms with E-state index < -0.39 is 11.7 Å². The molecule has 4 rings (SSSR count). The molecular weight excluding hydrogens is 531 g/mol. The van der Waals surface area contributed by atoms with Crippen molar-refractivity contribution in [1.82, 2.24) is 35.2 Å². The molecule has 0 unspecified atom stereocenters. The third-order valence-corrected chi connectivity index (χ3v) is 5.55. The van der Waals surface area contributed by atoms with Gasteiger partial charge in [-0.2, -0.15) is 13.2 Å². The van der Waals surface area contributed by atoms with E-state index in [1.165, 1.54) is 38.7 Å². The highest BCUT2D eigenvalue weighted by atomic mass is 19.4. The number of nitrogens with one attached hydrogen (secondary N) is 3. The second-order valence-electron chi connectivity index (χ2n) is 8.58. The van der Waals surface area contributed by atoms with Gasteiger partial charge >= 0.3 is 6.18 Å². The molecule has 15 heteroatoms. The number of benzene rings is 1. The van der Waals surface area contributed by atoms with Gasteiger partial charge in [-0.25, -0.2) is 24.9 Å². The van der Waals surface area contributed by atoms with Crippen LogP contribution in [-0.2, 0) is 15.7 Å². The number of amides is 1. The summed E-state index contributed by atoms with van der Waals surface area (Å²) in [5.41, 5.74) is 6.86. The number of aromatic nitrogens is 6. The lowest BCUT2D eigenvalue weighted by Crippen LogP contribution is -2.39. The molecule has 3 heterocycles. The van der Waals surface area contributed by atoms with Crippen LogP contribution in [0.4, 0.5) is 24.9 Å². The molecule has 12 nitrogen and oxygen atoms in total. The number of alkyl halides is 3. The molecule has 3 aromatic heterocycles. The van der Waals surface area contributed by atoms with Crippen LogP contribution < -0.4 is 21.1 Å². The minimum absolute atomic E-state index is 0.0565. The maximum atomic E-state index is 13.1. The first-order valence-electron chi connectivity index (χ1n) is 11.9. The van der Waals surface area contributed by atoms with E-state index in [0.717, 1.165) is 12.1 Å². The Kier molecular flexibility index (Phi) is 8.43. The van der Waals surface area contributed by atoms with Gasteiger partial charge in [0.05, 0.1) is 30.3 Å². The van der Waals surface area contributed by atoms with Crippen molar-refractivity contribution in [1.29, 1.82) is 0 Å². The average Bonchev–Trinajstić information content (AvgIpc) is 3.38. The molecule has 0 bridgehead atoms. The van der Waals surface area contributed by atoms with Gasteiger partial charge in [0.1, 0.15) is 23.8 Å². The third-order valence-electron chi connectivity index (χ3n) is 5.55. The molecular formula is C25H26F3N9O3. The summed E-state index contributed by atoms with van der Waals surface area (Å²) in [6, 6.07) is 5.96. The summed E-state index contributed by atoms with van der Waals surface area (Å²) in [6.07, 6.45) is -1.54. The number of H-pyrrole nitrogens is 1. The Hall–Kier alpha value is -4.79. The molecule has 0 radical (unpaired) electrons. The van der Waals surface area contributed by atoms with E-state index >= 15 is 0 Å². The molecule has 4 aromatic rings. The number of nitrogens with two attached hydrogens (primary N) is 1. The summed E-state index contributed by atoms with van der Waals surface area (Å²) >= 11 is 0. The van der Waals surface area contributed by atoms with Crippen molar-refractivity contribution in [2.45, 2.75) is 19.1 Å². The molecule has 5 N–H and O–H groups in total. The highest BCUT2D eigenvalue weighted by molar-refractivity contribution is 5.79. The third kappa shape index (κ3) is 6.61. The number of nitrogens with zero attached hydrogens (tertiary/aromatic N) is 5. The lowest BCUT2D eigenvalue weighted by atomic mass is 10.1. The van der Waals surface area contributed by atoms with E-state index in [2.05, 4.69) is 40.5 Å². The van der Waals surface area contributed by atoms with Crippen LogP contribution in [0.1, 0.15) is 12.5 Å². The van der Waals surface area contributed by atoms with Crippen LogP contribution in [0.3, 0.4) is 0 Å². The average molecular weight is 558 g/mol. The number of ether oxygens (including phenoxy) is 2. The topological polar surface area (TPSA) is 166 Å². The molecule has 0 aliphatic rings. The zero-order valence-corrected chi connectivity index (χ0v) is 21.7. The molecule has 0 saturated carbocycles. The number of nitrogen functional groups attached to an aromatic ring is 1. The molecule has 0 aliphatic heterocycles. The predicted octanol–water partition coefficient (Wildman–Crippen LogP) is 3.16. The first-order valence-corrected chi connectivity index (χ1v) is 11.9. The second kappa shape index (κ2) is 11.9. The van der Waals surface area contributed by atoms with Gasteiger partial charge in [-0.05, 0) is 25.1 Å². The van der Waals surface area contributed by atoms with Crippen LogP contribution in [0.25, 0.3) is 34.2 Å². The standard InChI is InChI=1S/C25H26F3N9O3/c1-13(33-18(38)12-39-2)10-32-24-30-9-8-16(35-24)19-20(17-11-31-21(29)23(34-17)40-3)37-22(36-19)14-4-6-15(7-5-14)25(26,27)28/h4-9,11,13H,10,12H2,1-3H3,(H2,29,31)(H,33,38)(H,36,37)(H,30,32,35)/t13-/m0/s1. The van der Waals surface area contributed by atoms with E-state index in [1.807, 2.05) is 0 Å². The zero-order chi connectivity index (χ0) is 28.9. The Morgan fingerprint density at radius 1 is 1.07 bits per heavy atom. The number of methoxy groups -OCH3 is 2. The van der Waals surface area contributed by atoms with Gasteiger partial charge in [0.25, 0.3) is 5.88 Å². The molecule has 0 spiro atoms. The van der Waals surface area contributed by atoms with E-state index in [9.17, 15) is 18.0 Å². The highest BCUT2D eigenvalue weighted by Gasteiger charge is 2.30. The Morgan fingerprint density at radius 2 is 1.82 bits per heavy atom. The number of aromatic amines is 1. The molecule has 1 amide bonds. The molecule has 210 valence electrons. The van der Waals surface area contributed by atoms with E-state index in [4.69, 9.17) is 15.2 Å². The van der Waals surface area contributed by atoms with Crippen LogP contribution in [0.5, 0.6) is 5.88 Å². The molecule has 1 aromatic carbocycles. The SMILES string of the molecule is COCC(=O)N[C@@H](C)CNc1nccc(-c2[nH]c(-c3ccc(C(F)(F)F)cc3)nc2-c2cnc(N)c(OC)n2)n1. The minimum atomic E-state index is -4.47. The van der Waals surface area contributed by atoms with Crippen LogP contribution in [0.15, 0.2) is 42.7 Å². The summed E-state index contributed by atoms with van der Waals surface area (Å²) in [6.45, 7) is 2.08. The normalized spacial score (nSPS) is 12.2. The molecule has 0 saturated heterocycles. The van der Waals surface area contributed by atoms with Crippen molar-refractivity contribution in [3.8, 4) is 40.0 Å². The molecule has 0 fully saturated rings. The van der Waals surface area contributed by atoms with Gasteiger partial charge in [0.2, 0.25) is 11.9 Å². The number of carbonyl (C=O) groups excluding carboxylic acids is 1. The largest absolute Gasteiger partial charge is 0.478 e. The van der Waals surface area contributed by atoms with Gasteiger partial charge in [-0.15, -0.1) is 0 Å². The first-order chi connectivity index (χ1) is 19.1. The number of anilines is 2. The maximum absolute atomic E-state index is 13.1. The number of carbonyl (C=O) groups is 1. The van der Waals surface area contributed by atoms with Crippen molar-refractivity contribution in [2.24, 2.45) is 0 Å². The molecule has 40 heavy (non-hydrogen) atoms. The lowest BCUT2D eigenvalue weighted by molar-refractivity contribution is -0.137. The number of imidazole rings is 1. The predicted molar refractivity (Wildman–Crippen MR) is 140 cm³/mol. The summed E-state index contributed by atoms with van der Waals surface area (Å²) in [4.78, 5) is 36.7. The van der Waals surface area contributed by atoms with Crippen LogP contribution in [0.2, 0.25) is 0 Å². The number of halogens is 3. The fraction of sp³-hybridized carbons (Fsp3) is 0.280. The zero-order valence-electron chi connectivity index (χ0n) is 21.7. The highest BCUT2D eigenvalue weighted by Crippen LogP contribution is 2.34. The Balaban J connectivity index is 1.69. The van der Waals surface area contributed by atoms with Crippen molar-refractivity contribution in [3.05, 3.63) is 48.3 Å². The van der Waals surface area contributed by atoms with Gasteiger partial charge in [-0.1, -0.05) is 12.1 Å².